The summed E-state index contributed by atoms with van der Waals surface area (Å²) >= 11 is 0. The second-order valence-corrected chi connectivity index (χ2v) is 5.56. The van der Waals surface area contributed by atoms with Crippen LogP contribution in [-0.2, 0) is 13.0 Å². The number of hydrogen-bond acceptors (Lipinski definition) is 2. The Bertz CT molecular complexity index is 511. The van der Waals surface area contributed by atoms with Crippen LogP contribution < -0.4 is 5.32 Å². The molecular formula is C17H25N3. The molecule has 0 amide bonds. The third-order valence-corrected chi connectivity index (χ3v) is 3.36. The molecule has 1 aromatic heterocycles. The minimum Gasteiger partial charge on any atom is -0.309 e. The largest absolute Gasteiger partial charge is 0.309 e. The average Bonchev–Trinajstić information content (AvgIpc) is 2.92. The summed E-state index contributed by atoms with van der Waals surface area (Å²) in [5, 5.41) is 7.98. The summed E-state index contributed by atoms with van der Waals surface area (Å²) in [6.07, 6.45) is 5.69. The van der Waals surface area contributed by atoms with E-state index in [1.165, 1.54) is 24.8 Å². The quantitative estimate of drug-likeness (QED) is 0.832. The molecule has 0 radical (unpaired) electrons. The Kier molecular flexibility index (Phi) is 5.36. The summed E-state index contributed by atoms with van der Waals surface area (Å²) in [5.41, 5.74) is 3.61. The van der Waals surface area contributed by atoms with Gasteiger partial charge in [0, 0.05) is 18.8 Å². The van der Waals surface area contributed by atoms with Crippen molar-refractivity contribution in [3.8, 4) is 5.69 Å². The lowest BCUT2D eigenvalue weighted by molar-refractivity contribution is 0.578. The molecule has 0 saturated heterocycles. The topological polar surface area (TPSA) is 29.9 Å². The van der Waals surface area contributed by atoms with Gasteiger partial charge in [0.15, 0.2) is 0 Å². The van der Waals surface area contributed by atoms with Crippen molar-refractivity contribution in [2.75, 3.05) is 0 Å². The molecule has 1 heterocycles. The second kappa shape index (κ2) is 7.25. The van der Waals surface area contributed by atoms with Crippen molar-refractivity contribution in [2.24, 2.45) is 0 Å². The first-order chi connectivity index (χ1) is 9.69. The molecule has 0 aliphatic rings. The summed E-state index contributed by atoms with van der Waals surface area (Å²) < 4.78 is 1.95. The van der Waals surface area contributed by atoms with Gasteiger partial charge in [0.2, 0.25) is 0 Å². The van der Waals surface area contributed by atoms with E-state index < -0.39 is 0 Å². The smallest absolute Gasteiger partial charge is 0.0766 e. The zero-order valence-corrected chi connectivity index (χ0v) is 12.8. The van der Waals surface area contributed by atoms with Crippen molar-refractivity contribution in [1.82, 2.24) is 15.1 Å². The van der Waals surface area contributed by atoms with E-state index in [0.717, 1.165) is 17.9 Å². The van der Waals surface area contributed by atoms with Crippen LogP contribution in [0.5, 0.6) is 0 Å². The lowest BCUT2D eigenvalue weighted by Crippen LogP contribution is -2.22. The highest BCUT2D eigenvalue weighted by Gasteiger charge is 2.02. The van der Waals surface area contributed by atoms with Crippen molar-refractivity contribution < 1.29 is 0 Å². The standard InChI is InChI=1S/C17H25N3/c1-4-5-6-15-7-9-17(10-8-15)20-12-11-16(19-20)13-18-14(2)3/h7-12,14,18H,4-6,13H2,1-3H3. The van der Waals surface area contributed by atoms with E-state index in [4.69, 9.17) is 0 Å². The molecule has 0 fully saturated rings. The predicted octanol–water partition coefficient (Wildman–Crippen LogP) is 3.71. The molecule has 108 valence electrons. The highest BCUT2D eigenvalue weighted by atomic mass is 15.3. The number of nitrogens with one attached hydrogen (secondary N) is 1. The van der Waals surface area contributed by atoms with Crippen LogP contribution in [0.1, 0.15) is 44.9 Å². The van der Waals surface area contributed by atoms with Crippen LogP contribution in [0.15, 0.2) is 36.5 Å². The molecule has 1 aromatic carbocycles. The Morgan fingerprint density at radius 1 is 1.15 bits per heavy atom. The maximum absolute atomic E-state index is 4.60. The number of aryl methyl sites for hydroxylation is 1. The minimum absolute atomic E-state index is 0.484. The first-order valence-corrected chi connectivity index (χ1v) is 7.56. The van der Waals surface area contributed by atoms with E-state index in [0.29, 0.717) is 6.04 Å². The van der Waals surface area contributed by atoms with Gasteiger partial charge < -0.3 is 5.32 Å². The van der Waals surface area contributed by atoms with Crippen LogP contribution in [0.2, 0.25) is 0 Å². The van der Waals surface area contributed by atoms with Gasteiger partial charge in [0.1, 0.15) is 0 Å². The monoisotopic (exact) mass is 271 g/mol. The van der Waals surface area contributed by atoms with Crippen molar-refractivity contribution in [1.29, 1.82) is 0 Å². The Morgan fingerprint density at radius 3 is 2.55 bits per heavy atom. The van der Waals surface area contributed by atoms with Gasteiger partial charge in [-0.3, -0.25) is 0 Å². The first kappa shape index (κ1) is 14.8. The van der Waals surface area contributed by atoms with Gasteiger partial charge in [0.25, 0.3) is 0 Å². The summed E-state index contributed by atoms with van der Waals surface area (Å²) in [6.45, 7) is 7.34. The molecule has 0 saturated carbocycles. The van der Waals surface area contributed by atoms with E-state index in [9.17, 15) is 0 Å². The third kappa shape index (κ3) is 4.20. The number of aromatic nitrogens is 2. The molecular weight excluding hydrogens is 246 g/mol. The molecule has 0 aliphatic heterocycles. The molecule has 20 heavy (non-hydrogen) atoms. The van der Waals surface area contributed by atoms with Gasteiger partial charge in [-0.2, -0.15) is 5.10 Å². The highest BCUT2D eigenvalue weighted by molar-refractivity contribution is 5.34. The van der Waals surface area contributed by atoms with Crippen molar-refractivity contribution in [2.45, 2.75) is 52.6 Å². The SMILES string of the molecule is CCCCc1ccc(-n2ccc(CNC(C)C)n2)cc1. The van der Waals surface area contributed by atoms with Crippen LogP contribution >= 0.6 is 0 Å². The van der Waals surface area contributed by atoms with Gasteiger partial charge in [-0.1, -0.05) is 39.3 Å². The summed E-state index contributed by atoms with van der Waals surface area (Å²) in [7, 11) is 0. The van der Waals surface area contributed by atoms with E-state index in [1.54, 1.807) is 0 Å². The normalized spacial score (nSPS) is 11.2. The van der Waals surface area contributed by atoms with Gasteiger partial charge in [-0.05, 0) is 36.6 Å². The maximum atomic E-state index is 4.60. The summed E-state index contributed by atoms with van der Waals surface area (Å²) in [5.74, 6) is 0. The Morgan fingerprint density at radius 2 is 1.90 bits per heavy atom. The molecule has 1 N–H and O–H groups in total. The molecule has 3 heteroatoms. The predicted molar refractivity (Wildman–Crippen MR) is 84.2 cm³/mol. The van der Waals surface area contributed by atoms with Crippen LogP contribution in [0, 0.1) is 0 Å². The van der Waals surface area contributed by atoms with E-state index in [1.807, 2.05) is 10.9 Å². The number of hydrogen-bond donors (Lipinski definition) is 1. The minimum atomic E-state index is 0.484. The highest BCUT2D eigenvalue weighted by Crippen LogP contribution is 2.11. The fraction of sp³-hybridized carbons (Fsp3) is 0.471. The van der Waals surface area contributed by atoms with Crippen LogP contribution in [-0.4, -0.2) is 15.8 Å². The average molecular weight is 271 g/mol. The molecule has 0 spiro atoms. The van der Waals surface area contributed by atoms with Gasteiger partial charge in [-0.25, -0.2) is 4.68 Å². The number of nitrogens with zero attached hydrogens (tertiary/aromatic N) is 2. The molecule has 2 rings (SSSR count). The molecule has 2 aromatic rings. The number of benzene rings is 1. The van der Waals surface area contributed by atoms with Crippen LogP contribution in [0.4, 0.5) is 0 Å². The third-order valence-electron chi connectivity index (χ3n) is 3.36. The molecule has 0 bridgehead atoms. The van der Waals surface area contributed by atoms with Crippen molar-refractivity contribution in [3.05, 3.63) is 47.8 Å². The summed E-state index contributed by atoms with van der Waals surface area (Å²) in [4.78, 5) is 0. The maximum Gasteiger partial charge on any atom is 0.0766 e. The van der Waals surface area contributed by atoms with Gasteiger partial charge >= 0.3 is 0 Å². The van der Waals surface area contributed by atoms with Gasteiger partial charge in [0.05, 0.1) is 11.4 Å². The molecule has 3 nitrogen and oxygen atoms in total. The number of rotatable bonds is 7. The lowest BCUT2D eigenvalue weighted by atomic mass is 10.1. The Hall–Kier alpha value is -1.61. The van der Waals surface area contributed by atoms with Crippen LogP contribution in [0.3, 0.4) is 0 Å². The Balaban J connectivity index is 2.00. The zero-order valence-electron chi connectivity index (χ0n) is 12.8. The van der Waals surface area contributed by atoms with Crippen molar-refractivity contribution >= 4 is 0 Å². The van der Waals surface area contributed by atoms with E-state index >= 15 is 0 Å². The number of unbranched alkanes of at least 4 members (excludes halogenated alkanes) is 1. The van der Waals surface area contributed by atoms with Crippen LogP contribution in [0.25, 0.3) is 5.69 Å². The first-order valence-electron chi connectivity index (χ1n) is 7.56. The van der Waals surface area contributed by atoms with E-state index in [-0.39, 0.29) is 0 Å². The molecule has 0 atom stereocenters. The Labute approximate surface area is 122 Å². The zero-order chi connectivity index (χ0) is 14.4. The summed E-state index contributed by atoms with van der Waals surface area (Å²) in [6, 6.07) is 11.3. The molecule has 0 aliphatic carbocycles. The van der Waals surface area contributed by atoms with Gasteiger partial charge in [-0.15, -0.1) is 0 Å². The molecule has 0 unspecified atom stereocenters. The van der Waals surface area contributed by atoms with E-state index in [2.05, 4.69) is 61.5 Å². The fourth-order valence-electron chi connectivity index (χ4n) is 2.10. The second-order valence-electron chi connectivity index (χ2n) is 5.56. The van der Waals surface area contributed by atoms with Crippen molar-refractivity contribution in [3.63, 3.8) is 0 Å². The fourth-order valence-corrected chi connectivity index (χ4v) is 2.10. The lowest BCUT2D eigenvalue weighted by Gasteiger charge is -2.06.